The summed E-state index contributed by atoms with van der Waals surface area (Å²) in [5.74, 6) is 1.73. The van der Waals surface area contributed by atoms with Gasteiger partial charge in [0.1, 0.15) is 6.71 Å². The van der Waals surface area contributed by atoms with Crippen molar-refractivity contribution in [3.8, 4) is 0 Å². The largest absolute Gasteiger partial charge is 0.145 e. The number of hydrogen-bond acceptors (Lipinski definition) is 0. The van der Waals surface area contributed by atoms with Crippen LogP contribution in [-0.2, 0) is 0 Å². The maximum atomic E-state index is 2.35. The minimum atomic E-state index is 0.863. The molecule has 0 spiro atoms. The first kappa shape index (κ1) is 11.1. The zero-order chi connectivity index (χ0) is 8.85. The Bertz CT molecular complexity index is 78.9. The van der Waals surface area contributed by atoms with E-state index in [0.717, 1.165) is 18.3 Å². The summed E-state index contributed by atoms with van der Waals surface area (Å²) >= 11 is 0. The quantitative estimate of drug-likeness (QED) is 0.523. The SMILES string of the molecule is CCCCB(C(C)C)C(C)C. The van der Waals surface area contributed by atoms with E-state index in [2.05, 4.69) is 34.6 Å². The van der Waals surface area contributed by atoms with E-state index >= 15 is 0 Å². The van der Waals surface area contributed by atoms with Crippen LogP contribution in [-0.4, -0.2) is 6.71 Å². The van der Waals surface area contributed by atoms with Crippen LogP contribution in [0.25, 0.3) is 0 Å². The van der Waals surface area contributed by atoms with Gasteiger partial charge in [-0.15, -0.1) is 0 Å². The van der Waals surface area contributed by atoms with Crippen LogP contribution in [0.5, 0.6) is 0 Å². The van der Waals surface area contributed by atoms with Gasteiger partial charge in [-0.2, -0.15) is 0 Å². The number of rotatable bonds is 5. The molecule has 0 rings (SSSR count). The normalized spacial score (nSPS) is 11.2. The molecule has 0 saturated heterocycles. The fourth-order valence-corrected chi connectivity index (χ4v) is 1.88. The van der Waals surface area contributed by atoms with Crippen molar-refractivity contribution in [1.82, 2.24) is 0 Å². The molecule has 0 nitrogen and oxygen atoms in total. The fraction of sp³-hybridized carbons (Fsp3) is 1.00. The second kappa shape index (κ2) is 5.68. The van der Waals surface area contributed by atoms with E-state index in [1.54, 1.807) is 0 Å². The fourth-order valence-electron chi connectivity index (χ4n) is 1.88. The van der Waals surface area contributed by atoms with Gasteiger partial charge < -0.3 is 0 Å². The molecule has 11 heavy (non-hydrogen) atoms. The van der Waals surface area contributed by atoms with E-state index in [1.807, 2.05) is 0 Å². The lowest BCUT2D eigenvalue weighted by molar-refractivity contribution is 0.831. The highest BCUT2D eigenvalue weighted by Gasteiger charge is 2.20. The summed E-state index contributed by atoms with van der Waals surface area (Å²) in [4.78, 5) is 0. The van der Waals surface area contributed by atoms with Crippen LogP contribution in [0.15, 0.2) is 0 Å². The number of hydrogen-bond donors (Lipinski definition) is 0. The molecular formula is C10H23B. The van der Waals surface area contributed by atoms with Crippen LogP contribution in [0, 0.1) is 0 Å². The van der Waals surface area contributed by atoms with Gasteiger partial charge in [0.25, 0.3) is 0 Å². The van der Waals surface area contributed by atoms with Gasteiger partial charge in [0.2, 0.25) is 0 Å². The predicted molar refractivity (Wildman–Crippen MR) is 55.7 cm³/mol. The van der Waals surface area contributed by atoms with Crippen molar-refractivity contribution >= 4 is 6.71 Å². The molecule has 0 atom stereocenters. The van der Waals surface area contributed by atoms with E-state index in [9.17, 15) is 0 Å². The average molecular weight is 154 g/mol. The minimum Gasteiger partial charge on any atom is -0.0737 e. The highest BCUT2D eigenvalue weighted by atomic mass is 13.9. The molecular weight excluding hydrogens is 131 g/mol. The second-order valence-electron chi connectivity index (χ2n) is 4.29. The summed E-state index contributed by atoms with van der Waals surface area (Å²) in [6, 6.07) is 0. The Morgan fingerprint density at radius 1 is 1.00 bits per heavy atom. The van der Waals surface area contributed by atoms with Crippen LogP contribution in [0.3, 0.4) is 0 Å². The van der Waals surface area contributed by atoms with E-state index in [-0.39, 0.29) is 0 Å². The molecule has 0 N–H and O–H groups in total. The van der Waals surface area contributed by atoms with Crippen molar-refractivity contribution in [3.63, 3.8) is 0 Å². The van der Waals surface area contributed by atoms with Gasteiger partial charge >= 0.3 is 0 Å². The molecule has 0 amide bonds. The van der Waals surface area contributed by atoms with Crippen LogP contribution in [0.2, 0.25) is 18.0 Å². The zero-order valence-electron chi connectivity index (χ0n) is 8.85. The molecule has 0 aromatic carbocycles. The molecule has 0 aromatic rings. The Hall–Kier alpha value is 0.0649. The average Bonchev–Trinajstić information content (AvgIpc) is 1.87. The topological polar surface area (TPSA) is 0 Å². The maximum absolute atomic E-state index is 2.35. The molecule has 1 heteroatoms. The molecule has 0 radical (unpaired) electrons. The highest BCUT2D eigenvalue weighted by molar-refractivity contribution is 6.61. The van der Waals surface area contributed by atoms with Gasteiger partial charge in [0.15, 0.2) is 0 Å². The van der Waals surface area contributed by atoms with Crippen LogP contribution >= 0.6 is 0 Å². The standard InChI is InChI=1S/C10H23B/c1-6-7-8-11(9(2)3)10(4)5/h9-10H,6-8H2,1-5H3. The molecule has 0 aromatic heterocycles. The molecule has 0 fully saturated rings. The molecule has 0 aliphatic rings. The first-order valence-corrected chi connectivity index (χ1v) is 5.09. The lowest BCUT2D eigenvalue weighted by Crippen LogP contribution is -2.20. The van der Waals surface area contributed by atoms with E-state index < -0.39 is 0 Å². The Morgan fingerprint density at radius 3 is 1.73 bits per heavy atom. The molecule has 0 bridgehead atoms. The van der Waals surface area contributed by atoms with Gasteiger partial charge in [-0.05, 0) is 0 Å². The lowest BCUT2D eigenvalue weighted by atomic mass is 9.33. The van der Waals surface area contributed by atoms with Gasteiger partial charge in [-0.25, -0.2) is 0 Å². The van der Waals surface area contributed by atoms with E-state index in [1.165, 1.54) is 19.2 Å². The van der Waals surface area contributed by atoms with Crippen molar-refractivity contribution in [1.29, 1.82) is 0 Å². The van der Waals surface area contributed by atoms with Crippen molar-refractivity contribution in [2.24, 2.45) is 0 Å². The summed E-state index contributed by atoms with van der Waals surface area (Å²) in [5, 5.41) is 0. The van der Waals surface area contributed by atoms with Crippen LogP contribution < -0.4 is 0 Å². The molecule has 0 aliphatic heterocycles. The maximum Gasteiger partial charge on any atom is 0.145 e. The smallest absolute Gasteiger partial charge is 0.0737 e. The molecule has 0 heterocycles. The molecule has 0 aliphatic carbocycles. The highest BCUT2D eigenvalue weighted by Crippen LogP contribution is 2.24. The van der Waals surface area contributed by atoms with Crippen molar-refractivity contribution in [3.05, 3.63) is 0 Å². The Morgan fingerprint density at radius 2 is 1.45 bits per heavy atom. The van der Waals surface area contributed by atoms with Gasteiger partial charge in [-0.1, -0.05) is 65.4 Å². The van der Waals surface area contributed by atoms with Gasteiger partial charge in [-0.3, -0.25) is 0 Å². The first-order valence-electron chi connectivity index (χ1n) is 5.09. The Kier molecular flexibility index (Phi) is 5.72. The molecule has 0 saturated carbocycles. The first-order chi connectivity index (χ1) is 5.09. The summed E-state index contributed by atoms with van der Waals surface area (Å²) in [5.41, 5.74) is 0. The predicted octanol–water partition coefficient (Wildman–Crippen LogP) is 4.10. The summed E-state index contributed by atoms with van der Waals surface area (Å²) in [7, 11) is 0. The van der Waals surface area contributed by atoms with Gasteiger partial charge in [0, 0.05) is 0 Å². The van der Waals surface area contributed by atoms with Crippen molar-refractivity contribution in [2.45, 2.75) is 65.4 Å². The number of unbranched alkanes of at least 4 members (excludes halogenated alkanes) is 1. The summed E-state index contributed by atoms with van der Waals surface area (Å²) in [6.45, 7) is 12.6. The Balaban J connectivity index is 3.70. The minimum absolute atomic E-state index is 0.863. The molecule has 66 valence electrons. The van der Waals surface area contributed by atoms with E-state index in [0.29, 0.717) is 0 Å². The Labute approximate surface area is 72.8 Å². The lowest BCUT2D eigenvalue weighted by Gasteiger charge is -2.20. The van der Waals surface area contributed by atoms with Crippen LogP contribution in [0.4, 0.5) is 0 Å². The zero-order valence-corrected chi connectivity index (χ0v) is 8.85. The van der Waals surface area contributed by atoms with Crippen molar-refractivity contribution < 1.29 is 0 Å². The van der Waals surface area contributed by atoms with Gasteiger partial charge in [0.05, 0.1) is 0 Å². The van der Waals surface area contributed by atoms with Crippen LogP contribution in [0.1, 0.15) is 47.5 Å². The molecule has 0 unspecified atom stereocenters. The van der Waals surface area contributed by atoms with Crippen molar-refractivity contribution in [2.75, 3.05) is 0 Å². The summed E-state index contributed by atoms with van der Waals surface area (Å²) < 4.78 is 0. The summed E-state index contributed by atoms with van der Waals surface area (Å²) in [6.07, 6.45) is 4.17. The monoisotopic (exact) mass is 154 g/mol. The van der Waals surface area contributed by atoms with E-state index in [4.69, 9.17) is 0 Å². The third kappa shape index (κ3) is 4.50. The third-order valence-corrected chi connectivity index (χ3v) is 2.60. The third-order valence-electron chi connectivity index (χ3n) is 2.60. The second-order valence-corrected chi connectivity index (χ2v) is 4.29.